The van der Waals surface area contributed by atoms with E-state index in [4.69, 9.17) is 4.74 Å². The van der Waals surface area contributed by atoms with Gasteiger partial charge in [0.25, 0.3) is 0 Å². The number of fused-ring (bicyclic) bond motifs is 2. The van der Waals surface area contributed by atoms with Gasteiger partial charge in [0.1, 0.15) is 5.75 Å². The molecule has 1 fully saturated rings. The van der Waals surface area contributed by atoms with Gasteiger partial charge in [-0.05, 0) is 54.2 Å². The minimum atomic E-state index is 0.465. The summed E-state index contributed by atoms with van der Waals surface area (Å²) in [6.07, 6.45) is 5.81. The topological polar surface area (TPSA) is 36.3 Å². The molecule has 0 spiro atoms. The second-order valence-electron chi connectivity index (χ2n) is 6.88. The van der Waals surface area contributed by atoms with Crippen LogP contribution in [-0.2, 0) is 6.54 Å². The van der Waals surface area contributed by atoms with Gasteiger partial charge in [0, 0.05) is 18.6 Å². The van der Waals surface area contributed by atoms with Crippen molar-refractivity contribution in [3.05, 3.63) is 71.3 Å². The zero-order valence-electron chi connectivity index (χ0n) is 14.5. The summed E-state index contributed by atoms with van der Waals surface area (Å²) in [5.74, 6) is 0.814. The Kier molecular flexibility index (Phi) is 4.29. The molecular weight excluding hydrogens is 308 g/mol. The number of methoxy groups -OCH3 is 1. The van der Waals surface area contributed by atoms with Gasteiger partial charge in [-0.25, -0.2) is 0 Å². The first-order valence-electron chi connectivity index (χ1n) is 8.87. The number of benzene rings is 2. The smallest absolute Gasteiger partial charge is 0.119 e. The van der Waals surface area contributed by atoms with Crippen LogP contribution in [0.3, 0.4) is 0 Å². The van der Waals surface area contributed by atoms with E-state index in [1.165, 1.54) is 24.0 Å². The van der Waals surface area contributed by atoms with Crippen LogP contribution in [-0.4, -0.2) is 24.1 Å². The average molecular weight is 330 g/mol. The number of hydrogen-bond donors (Lipinski definition) is 0. The summed E-state index contributed by atoms with van der Waals surface area (Å²) in [5, 5.41) is 9.48. The lowest BCUT2D eigenvalue weighted by Gasteiger charge is -2.34. The van der Waals surface area contributed by atoms with Gasteiger partial charge in [-0.15, -0.1) is 0 Å². The van der Waals surface area contributed by atoms with Crippen LogP contribution in [0, 0.1) is 11.3 Å². The van der Waals surface area contributed by atoms with Crippen LogP contribution >= 0.6 is 0 Å². The predicted octanol–water partition coefficient (Wildman–Crippen LogP) is 4.39. The zero-order valence-corrected chi connectivity index (χ0v) is 14.5. The third-order valence-corrected chi connectivity index (χ3v) is 5.44. The lowest BCUT2D eigenvalue weighted by molar-refractivity contribution is 0.203. The van der Waals surface area contributed by atoms with Crippen molar-refractivity contribution in [2.75, 3.05) is 7.11 Å². The van der Waals surface area contributed by atoms with Gasteiger partial charge in [-0.3, -0.25) is 4.90 Å². The monoisotopic (exact) mass is 330 g/mol. The van der Waals surface area contributed by atoms with Crippen molar-refractivity contribution in [3.63, 3.8) is 0 Å². The molecule has 0 aromatic heterocycles. The van der Waals surface area contributed by atoms with Gasteiger partial charge in [0.05, 0.1) is 18.7 Å². The number of nitriles is 1. The Balaban J connectivity index is 1.63. The Bertz CT molecular complexity index is 835. The zero-order chi connectivity index (χ0) is 17.2. The van der Waals surface area contributed by atoms with E-state index in [1.54, 1.807) is 7.11 Å². The Labute approximate surface area is 149 Å². The van der Waals surface area contributed by atoms with Crippen LogP contribution < -0.4 is 4.74 Å². The molecule has 126 valence electrons. The molecule has 3 nitrogen and oxygen atoms in total. The van der Waals surface area contributed by atoms with E-state index in [0.29, 0.717) is 12.1 Å². The second-order valence-corrected chi connectivity index (χ2v) is 6.88. The number of nitrogens with zero attached hydrogens (tertiary/aromatic N) is 2. The molecule has 25 heavy (non-hydrogen) atoms. The first-order valence-corrected chi connectivity index (χ1v) is 8.87. The Hall–Kier alpha value is -2.57. The summed E-state index contributed by atoms with van der Waals surface area (Å²) >= 11 is 0. The van der Waals surface area contributed by atoms with E-state index in [1.807, 2.05) is 18.2 Å². The molecule has 2 bridgehead atoms. The van der Waals surface area contributed by atoms with Crippen molar-refractivity contribution in [1.82, 2.24) is 4.90 Å². The molecule has 3 heteroatoms. The molecule has 2 aromatic rings. The van der Waals surface area contributed by atoms with E-state index < -0.39 is 0 Å². The lowest BCUT2D eigenvalue weighted by Crippen LogP contribution is -2.37. The van der Waals surface area contributed by atoms with E-state index in [0.717, 1.165) is 29.8 Å². The summed E-state index contributed by atoms with van der Waals surface area (Å²) in [4.78, 5) is 2.62. The summed E-state index contributed by atoms with van der Waals surface area (Å²) in [7, 11) is 1.67. The highest BCUT2D eigenvalue weighted by molar-refractivity contribution is 5.73. The van der Waals surface area contributed by atoms with Gasteiger partial charge in [0.2, 0.25) is 0 Å². The van der Waals surface area contributed by atoms with Gasteiger partial charge in [-0.1, -0.05) is 36.4 Å². The van der Waals surface area contributed by atoms with Crippen LogP contribution in [0.1, 0.15) is 36.0 Å². The summed E-state index contributed by atoms with van der Waals surface area (Å²) in [6, 6.07) is 19.8. The fourth-order valence-corrected chi connectivity index (χ4v) is 4.17. The highest BCUT2D eigenvalue weighted by atomic mass is 16.5. The van der Waals surface area contributed by atoms with E-state index in [2.05, 4.69) is 47.4 Å². The molecular formula is C22H22N2O. The fourth-order valence-electron chi connectivity index (χ4n) is 4.17. The molecule has 0 amide bonds. The third kappa shape index (κ3) is 3.06. The summed E-state index contributed by atoms with van der Waals surface area (Å²) in [5.41, 5.74) is 4.45. The van der Waals surface area contributed by atoms with Crippen molar-refractivity contribution in [2.24, 2.45) is 0 Å². The van der Waals surface area contributed by atoms with Gasteiger partial charge >= 0.3 is 0 Å². The van der Waals surface area contributed by atoms with Crippen LogP contribution in [0.15, 0.2) is 54.6 Å². The maximum atomic E-state index is 9.48. The first kappa shape index (κ1) is 15.9. The van der Waals surface area contributed by atoms with Gasteiger partial charge < -0.3 is 4.74 Å². The third-order valence-electron chi connectivity index (χ3n) is 5.44. The Morgan fingerprint density at radius 1 is 1.16 bits per heavy atom. The molecule has 2 atom stereocenters. The van der Waals surface area contributed by atoms with Gasteiger partial charge in [-0.2, -0.15) is 5.26 Å². The van der Waals surface area contributed by atoms with E-state index in [-0.39, 0.29) is 0 Å². The molecule has 4 rings (SSSR count). The highest BCUT2D eigenvalue weighted by Gasteiger charge is 2.36. The van der Waals surface area contributed by atoms with Crippen LogP contribution in [0.4, 0.5) is 0 Å². The molecule has 2 unspecified atom stereocenters. The quantitative estimate of drug-likeness (QED) is 0.834. The molecule has 0 aliphatic carbocycles. The van der Waals surface area contributed by atoms with Crippen molar-refractivity contribution < 1.29 is 4.74 Å². The summed E-state index contributed by atoms with van der Waals surface area (Å²) in [6.45, 7) is 1.00. The molecule has 2 aliphatic heterocycles. The minimum Gasteiger partial charge on any atom is -0.497 e. The van der Waals surface area contributed by atoms with E-state index >= 15 is 0 Å². The molecule has 2 heterocycles. The lowest BCUT2D eigenvalue weighted by atomic mass is 9.91. The maximum absolute atomic E-state index is 9.48. The number of rotatable bonds is 4. The van der Waals surface area contributed by atoms with Crippen molar-refractivity contribution >= 4 is 5.57 Å². The Morgan fingerprint density at radius 3 is 2.72 bits per heavy atom. The molecule has 2 aliphatic rings. The molecule has 0 radical (unpaired) electrons. The van der Waals surface area contributed by atoms with Crippen molar-refractivity contribution in [1.29, 1.82) is 5.26 Å². The van der Waals surface area contributed by atoms with Gasteiger partial charge in [0.15, 0.2) is 0 Å². The standard InChI is InChI=1S/C22H22N2O/c1-25-21-10-7-17(14-23)22(13-21)18-11-19-8-9-20(12-18)24(19)15-16-5-3-2-4-6-16/h2-7,10-11,13,19-20H,8-9,12,15H2,1H3. The molecule has 0 saturated carbocycles. The minimum absolute atomic E-state index is 0.465. The second kappa shape index (κ2) is 6.74. The number of hydrogen-bond acceptors (Lipinski definition) is 3. The largest absolute Gasteiger partial charge is 0.497 e. The van der Waals surface area contributed by atoms with Crippen molar-refractivity contribution in [2.45, 2.75) is 37.9 Å². The first-order chi connectivity index (χ1) is 12.3. The normalized spacial score (nSPS) is 22.3. The van der Waals surface area contributed by atoms with Crippen LogP contribution in [0.5, 0.6) is 5.75 Å². The SMILES string of the molecule is COc1ccc(C#N)c(C2=CC3CCC(C2)N3Cc2ccccc2)c1. The van der Waals surface area contributed by atoms with Crippen LogP contribution in [0.25, 0.3) is 5.57 Å². The summed E-state index contributed by atoms with van der Waals surface area (Å²) < 4.78 is 5.37. The molecule has 0 N–H and O–H groups in total. The Morgan fingerprint density at radius 2 is 2.00 bits per heavy atom. The van der Waals surface area contributed by atoms with Crippen molar-refractivity contribution in [3.8, 4) is 11.8 Å². The van der Waals surface area contributed by atoms with Crippen LogP contribution in [0.2, 0.25) is 0 Å². The maximum Gasteiger partial charge on any atom is 0.119 e. The highest BCUT2D eigenvalue weighted by Crippen LogP contribution is 2.40. The average Bonchev–Trinajstić information content (AvgIpc) is 2.90. The predicted molar refractivity (Wildman–Crippen MR) is 99.1 cm³/mol. The fraction of sp³-hybridized carbons (Fsp3) is 0.318. The molecule has 2 aromatic carbocycles. The van der Waals surface area contributed by atoms with E-state index in [9.17, 15) is 5.26 Å². The number of ether oxygens (including phenoxy) is 1. The molecule has 1 saturated heterocycles.